The average molecular weight is 537 g/mol. The van der Waals surface area contributed by atoms with Crippen LogP contribution in [0.1, 0.15) is 31.4 Å². The van der Waals surface area contributed by atoms with Gasteiger partial charge >= 0.3 is 0 Å². The number of alkyl halides is 1. The summed E-state index contributed by atoms with van der Waals surface area (Å²) in [4.78, 5) is 0. The molecule has 2 aromatic carbocycles. The molecule has 0 saturated carbocycles. The van der Waals surface area contributed by atoms with Crippen LogP contribution in [-0.2, 0) is 5.41 Å². The molecule has 1 unspecified atom stereocenters. The SMILES string of the molecule is CC(C)(c1ccc(OCC(O)CO)cc1)c1cc(Br)c(OCCCCl)c(Br)c1. The summed E-state index contributed by atoms with van der Waals surface area (Å²) in [6, 6.07) is 11.9. The summed E-state index contributed by atoms with van der Waals surface area (Å²) in [5, 5.41) is 18.3. The zero-order chi connectivity index (χ0) is 20.7. The largest absolute Gasteiger partial charge is 0.491 e. The van der Waals surface area contributed by atoms with Crippen LogP contribution in [-0.4, -0.2) is 42.0 Å². The Labute approximate surface area is 188 Å². The molecule has 28 heavy (non-hydrogen) atoms. The first kappa shape index (κ1) is 23.5. The van der Waals surface area contributed by atoms with Crippen molar-refractivity contribution in [1.82, 2.24) is 0 Å². The summed E-state index contributed by atoms with van der Waals surface area (Å²) in [6.45, 7) is 4.61. The molecule has 0 aliphatic carbocycles. The third kappa shape index (κ3) is 6.10. The zero-order valence-electron chi connectivity index (χ0n) is 15.9. The predicted molar refractivity (Wildman–Crippen MR) is 120 cm³/mol. The van der Waals surface area contributed by atoms with Crippen LogP contribution in [0.15, 0.2) is 45.3 Å². The van der Waals surface area contributed by atoms with Crippen molar-refractivity contribution in [3.63, 3.8) is 0 Å². The fourth-order valence-electron chi connectivity index (χ4n) is 2.67. The van der Waals surface area contributed by atoms with Gasteiger partial charge in [0, 0.05) is 11.3 Å². The number of ether oxygens (including phenoxy) is 2. The lowest BCUT2D eigenvalue weighted by atomic mass is 9.78. The van der Waals surface area contributed by atoms with Gasteiger partial charge in [-0.1, -0.05) is 26.0 Å². The van der Waals surface area contributed by atoms with Crippen LogP contribution in [0.4, 0.5) is 0 Å². The van der Waals surface area contributed by atoms with Gasteiger partial charge in [-0.15, -0.1) is 11.6 Å². The van der Waals surface area contributed by atoms with Crippen molar-refractivity contribution in [1.29, 1.82) is 0 Å². The molecule has 2 aromatic rings. The van der Waals surface area contributed by atoms with E-state index in [2.05, 4.69) is 57.8 Å². The van der Waals surface area contributed by atoms with Crippen molar-refractivity contribution in [2.45, 2.75) is 31.8 Å². The van der Waals surface area contributed by atoms with E-state index >= 15 is 0 Å². The van der Waals surface area contributed by atoms with Crippen LogP contribution in [0, 0.1) is 0 Å². The van der Waals surface area contributed by atoms with Crippen LogP contribution in [0.5, 0.6) is 11.5 Å². The molecule has 0 bridgehead atoms. The smallest absolute Gasteiger partial charge is 0.147 e. The molecule has 154 valence electrons. The van der Waals surface area contributed by atoms with Gasteiger partial charge in [0.2, 0.25) is 0 Å². The van der Waals surface area contributed by atoms with E-state index in [-0.39, 0.29) is 18.6 Å². The van der Waals surface area contributed by atoms with Crippen molar-refractivity contribution in [3.8, 4) is 11.5 Å². The van der Waals surface area contributed by atoms with E-state index < -0.39 is 6.10 Å². The quantitative estimate of drug-likeness (QED) is 0.321. The molecule has 2 rings (SSSR count). The Balaban J connectivity index is 2.19. The van der Waals surface area contributed by atoms with Crippen LogP contribution in [0.3, 0.4) is 0 Å². The maximum atomic E-state index is 9.39. The standard InChI is InChI=1S/C21H25Br2ClO4/c1-21(2,14-4-6-17(7-5-14)28-13-16(26)12-25)15-10-18(22)20(19(23)11-15)27-9-3-8-24/h4-7,10-11,16,25-26H,3,8-9,12-13H2,1-2H3. The number of rotatable bonds is 10. The van der Waals surface area contributed by atoms with Gasteiger partial charge in [-0.25, -0.2) is 0 Å². The van der Waals surface area contributed by atoms with Gasteiger partial charge in [0.1, 0.15) is 24.2 Å². The number of halogens is 3. The number of hydrogen-bond donors (Lipinski definition) is 2. The van der Waals surface area contributed by atoms with Crippen molar-refractivity contribution >= 4 is 43.5 Å². The highest BCUT2D eigenvalue weighted by Gasteiger charge is 2.25. The van der Waals surface area contributed by atoms with Gasteiger partial charge in [0.15, 0.2) is 0 Å². The Morgan fingerprint density at radius 1 is 1.04 bits per heavy atom. The van der Waals surface area contributed by atoms with E-state index in [1.165, 1.54) is 0 Å². The highest BCUT2D eigenvalue weighted by Crippen LogP contribution is 2.41. The van der Waals surface area contributed by atoms with Gasteiger partial charge in [-0.05, 0) is 73.7 Å². The fourth-order valence-corrected chi connectivity index (χ4v) is 4.19. The Morgan fingerprint density at radius 2 is 1.64 bits per heavy atom. The van der Waals surface area contributed by atoms with E-state index in [0.29, 0.717) is 18.2 Å². The summed E-state index contributed by atoms with van der Waals surface area (Å²) in [5.41, 5.74) is 2.00. The molecule has 0 aromatic heterocycles. The second-order valence-electron chi connectivity index (χ2n) is 6.96. The van der Waals surface area contributed by atoms with Crippen molar-refractivity contribution in [2.75, 3.05) is 25.7 Å². The summed E-state index contributed by atoms with van der Waals surface area (Å²) >= 11 is 12.9. The molecule has 0 fully saturated rings. The van der Waals surface area contributed by atoms with E-state index in [1.807, 2.05) is 24.3 Å². The van der Waals surface area contributed by atoms with E-state index in [9.17, 15) is 5.11 Å². The first-order valence-corrected chi connectivity index (χ1v) is 11.1. The van der Waals surface area contributed by atoms with Crippen molar-refractivity contribution in [3.05, 3.63) is 56.5 Å². The van der Waals surface area contributed by atoms with Gasteiger partial charge in [0.25, 0.3) is 0 Å². The molecular weight excluding hydrogens is 511 g/mol. The lowest BCUT2D eigenvalue weighted by molar-refractivity contribution is 0.0536. The molecule has 0 heterocycles. The first-order chi connectivity index (χ1) is 13.3. The summed E-state index contributed by atoms with van der Waals surface area (Å²) < 4.78 is 13.1. The second-order valence-corrected chi connectivity index (χ2v) is 9.04. The minimum atomic E-state index is -0.879. The number of aliphatic hydroxyl groups excluding tert-OH is 2. The molecule has 4 nitrogen and oxygen atoms in total. The van der Waals surface area contributed by atoms with Gasteiger partial charge in [-0.2, -0.15) is 0 Å². The normalized spacial score (nSPS) is 12.7. The van der Waals surface area contributed by atoms with Crippen LogP contribution in [0.2, 0.25) is 0 Å². The minimum Gasteiger partial charge on any atom is -0.491 e. The molecule has 0 radical (unpaired) electrons. The summed E-state index contributed by atoms with van der Waals surface area (Å²) in [7, 11) is 0. The summed E-state index contributed by atoms with van der Waals surface area (Å²) in [5.74, 6) is 1.99. The molecule has 0 aliphatic rings. The third-order valence-corrected chi connectivity index (χ3v) is 5.92. The van der Waals surface area contributed by atoms with E-state index in [4.69, 9.17) is 26.2 Å². The highest BCUT2D eigenvalue weighted by atomic mass is 79.9. The number of benzene rings is 2. The average Bonchev–Trinajstić information content (AvgIpc) is 2.68. The van der Waals surface area contributed by atoms with Crippen molar-refractivity contribution in [2.24, 2.45) is 0 Å². The molecule has 0 saturated heterocycles. The Bertz CT molecular complexity index is 742. The molecule has 0 aliphatic heterocycles. The van der Waals surface area contributed by atoms with Gasteiger partial charge in [0.05, 0.1) is 22.2 Å². The summed E-state index contributed by atoms with van der Waals surface area (Å²) in [6.07, 6.45) is -0.0896. The van der Waals surface area contributed by atoms with Crippen LogP contribution in [0.25, 0.3) is 0 Å². The maximum Gasteiger partial charge on any atom is 0.147 e. The third-order valence-electron chi connectivity index (χ3n) is 4.47. The Kier molecular flexibility index (Phi) is 9.09. The first-order valence-electron chi connectivity index (χ1n) is 9.00. The monoisotopic (exact) mass is 534 g/mol. The Hall–Kier alpha value is -0.790. The lowest BCUT2D eigenvalue weighted by Crippen LogP contribution is -2.21. The van der Waals surface area contributed by atoms with E-state index in [1.54, 1.807) is 0 Å². The zero-order valence-corrected chi connectivity index (χ0v) is 19.8. The fraction of sp³-hybridized carbons (Fsp3) is 0.429. The predicted octanol–water partition coefficient (Wildman–Crippen LogP) is 5.28. The topological polar surface area (TPSA) is 58.9 Å². The number of aliphatic hydroxyl groups is 2. The van der Waals surface area contributed by atoms with Crippen LogP contribution < -0.4 is 9.47 Å². The van der Waals surface area contributed by atoms with Crippen molar-refractivity contribution < 1.29 is 19.7 Å². The van der Waals surface area contributed by atoms with Gasteiger partial charge < -0.3 is 19.7 Å². The molecule has 1 atom stereocenters. The van der Waals surface area contributed by atoms with E-state index in [0.717, 1.165) is 32.2 Å². The minimum absolute atomic E-state index is 0.0598. The van der Waals surface area contributed by atoms with Crippen LogP contribution >= 0.6 is 43.5 Å². The molecular formula is C21H25Br2ClO4. The molecule has 7 heteroatoms. The van der Waals surface area contributed by atoms with Gasteiger partial charge in [-0.3, -0.25) is 0 Å². The Morgan fingerprint density at radius 3 is 2.18 bits per heavy atom. The lowest BCUT2D eigenvalue weighted by Gasteiger charge is -2.27. The number of hydrogen-bond acceptors (Lipinski definition) is 4. The second kappa shape index (κ2) is 10.8. The molecule has 0 spiro atoms. The molecule has 0 amide bonds. The maximum absolute atomic E-state index is 9.39. The molecule has 2 N–H and O–H groups in total. The highest BCUT2D eigenvalue weighted by molar-refractivity contribution is 9.11.